The molecule has 132 valence electrons. The van der Waals surface area contributed by atoms with Gasteiger partial charge in [-0.3, -0.25) is 5.73 Å². The first-order valence-corrected chi connectivity index (χ1v) is 8.47. The van der Waals surface area contributed by atoms with E-state index in [1.807, 2.05) is 49.4 Å². The molecule has 0 radical (unpaired) electrons. The maximum absolute atomic E-state index is 10.6. The smallest absolute Gasteiger partial charge is 0.185 e. The Labute approximate surface area is 151 Å². The molecule has 6 heteroatoms. The molecular formula is C20H20N4O2. The second kappa shape index (κ2) is 6.09. The zero-order chi connectivity index (χ0) is 18.3. The van der Waals surface area contributed by atoms with E-state index in [-0.39, 0.29) is 5.75 Å². The van der Waals surface area contributed by atoms with E-state index >= 15 is 0 Å². The van der Waals surface area contributed by atoms with Crippen LogP contribution in [0.15, 0.2) is 48.8 Å². The fourth-order valence-corrected chi connectivity index (χ4v) is 3.29. The van der Waals surface area contributed by atoms with Crippen molar-refractivity contribution < 1.29 is 10.2 Å². The van der Waals surface area contributed by atoms with E-state index in [0.717, 1.165) is 27.9 Å². The zero-order valence-electron chi connectivity index (χ0n) is 14.4. The molecule has 0 saturated carbocycles. The molecule has 1 unspecified atom stereocenters. The highest BCUT2D eigenvalue weighted by Crippen LogP contribution is 2.37. The molecule has 0 spiro atoms. The Balaban J connectivity index is 1.66. The van der Waals surface area contributed by atoms with Gasteiger partial charge in [0.15, 0.2) is 11.6 Å². The first-order valence-electron chi connectivity index (χ1n) is 8.47. The van der Waals surface area contributed by atoms with Crippen LogP contribution < -0.4 is 11.1 Å². The largest absolute Gasteiger partial charge is 0.503 e. The number of rotatable bonds is 3. The van der Waals surface area contributed by atoms with Gasteiger partial charge in [-0.1, -0.05) is 35.9 Å². The fraction of sp³-hybridized carbons (Fsp3) is 0.200. The van der Waals surface area contributed by atoms with Gasteiger partial charge < -0.3 is 15.5 Å². The Morgan fingerprint density at radius 1 is 1.12 bits per heavy atom. The van der Waals surface area contributed by atoms with Gasteiger partial charge in [-0.2, -0.15) is 0 Å². The minimum Gasteiger partial charge on any atom is -0.503 e. The van der Waals surface area contributed by atoms with E-state index in [4.69, 9.17) is 5.73 Å². The molecule has 0 bridgehead atoms. The van der Waals surface area contributed by atoms with Gasteiger partial charge >= 0.3 is 0 Å². The minimum atomic E-state index is -1.26. The molecule has 26 heavy (non-hydrogen) atoms. The number of benzene rings is 2. The van der Waals surface area contributed by atoms with Gasteiger partial charge in [0.25, 0.3) is 0 Å². The Bertz CT molecular complexity index is 968. The van der Waals surface area contributed by atoms with E-state index < -0.39 is 5.72 Å². The number of aromatic hydroxyl groups is 1. The molecular weight excluding hydrogens is 328 g/mol. The van der Waals surface area contributed by atoms with Crippen LogP contribution in [0.25, 0.3) is 11.3 Å². The fourth-order valence-electron chi connectivity index (χ4n) is 3.29. The lowest BCUT2D eigenvalue weighted by Crippen LogP contribution is -2.33. The van der Waals surface area contributed by atoms with Crippen molar-refractivity contribution in [2.24, 2.45) is 5.73 Å². The Kier molecular flexibility index (Phi) is 3.86. The third-order valence-electron chi connectivity index (χ3n) is 4.76. The number of aliphatic hydroxyl groups is 1. The van der Waals surface area contributed by atoms with Gasteiger partial charge in [0.2, 0.25) is 0 Å². The molecule has 0 aliphatic heterocycles. The average molecular weight is 348 g/mol. The van der Waals surface area contributed by atoms with Crippen LogP contribution >= 0.6 is 0 Å². The average Bonchev–Trinajstić information content (AvgIpc) is 2.92. The first-order chi connectivity index (χ1) is 12.4. The van der Waals surface area contributed by atoms with Gasteiger partial charge in [-0.05, 0) is 37.5 Å². The number of hydrogen-bond donors (Lipinski definition) is 4. The van der Waals surface area contributed by atoms with Crippen LogP contribution in [0.4, 0.5) is 11.5 Å². The molecule has 1 heterocycles. The summed E-state index contributed by atoms with van der Waals surface area (Å²) in [5.41, 5.74) is 9.56. The Morgan fingerprint density at radius 3 is 2.65 bits per heavy atom. The summed E-state index contributed by atoms with van der Waals surface area (Å²) in [7, 11) is 0. The number of nitrogens with one attached hydrogen (secondary N) is 1. The number of nitrogens with two attached hydrogens (primary N) is 1. The minimum absolute atomic E-state index is 0.00724. The number of hydrogen-bond acceptors (Lipinski definition) is 6. The highest BCUT2D eigenvalue weighted by molar-refractivity contribution is 5.75. The highest BCUT2D eigenvalue weighted by Gasteiger charge is 2.32. The van der Waals surface area contributed by atoms with Crippen LogP contribution in [0.5, 0.6) is 5.75 Å². The van der Waals surface area contributed by atoms with E-state index in [2.05, 4.69) is 15.3 Å². The quantitative estimate of drug-likeness (QED) is 0.543. The normalized spacial score (nSPS) is 18.6. The second-order valence-corrected chi connectivity index (χ2v) is 6.71. The molecule has 6 nitrogen and oxygen atoms in total. The predicted octanol–water partition coefficient (Wildman–Crippen LogP) is 2.95. The molecule has 2 aromatic carbocycles. The first kappa shape index (κ1) is 16.5. The molecule has 1 aliphatic carbocycles. The summed E-state index contributed by atoms with van der Waals surface area (Å²) in [6.07, 6.45) is 2.63. The summed E-state index contributed by atoms with van der Waals surface area (Å²) in [6.45, 7) is 2.01. The number of aryl methyl sites for hydroxylation is 2. The summed E-state index contributed by atoms with van der Waals surface area (Å²) in [4.78, 5) is 8.36. The van der Waals surface area contributed by atoms with E-state index in [0.29, 0.717) is 24.4 Å². The molecule has 1 aliphatic rings. The Hall–Kier alpha value is -2.96. The third kappa shape index (κ3) is 2.89. The lowest BCUT2D eigenvalue weighted by Gasteiger charge is -2.18. The highest BCUT2D eigenvalue weighted by atomic mass is 16.3. The molecule has 5 N–H and O–H groups in total. The van der Waals surface area contributed by atoms with Crippen LogP contribution in [0.3, 0.4) is 0 Å². The topological polar surface area (TPSA) is 104 Å². The van der Waals surface area contributed by atoms with E-state index in [1.165, 1.54) is 6.33 Å². The van der Waals surface area contributed by atoms with Crippen molar-refractivity contribution in [2.75, 3.05) is 5.32 Å². The molecule has 1 aromatic heterocycles. The predicted molar refractivity (Wildman–Crippen MR) is 100.0 cm³/mol. The van der Waals surface area contributed by atoms with Crippen LogP contribution in [-0.4, -0.2) is 20.2 Å². The molecule has 3 aromatic rings. The van der Waals surface area contributed by atoms with Crippen LogP contribution in [0.1, 0.15) is 23.1 Å². The summed E-state index contributed by atoms with van der Waals surface area (Å²) in [5.74, 6) is 0.323. The van der Waals surface area contributed by atoms with Crippen molar-refractivity contribution in [2.45, 2.75) is 25.5 Å². The number of nitrogens with zero attached hydrogens (tertiary/aromatic N) is 2. The van der Waals surface area contributed by atoms with Crippen LogP contribution in [0, 0.1) is 6.92 Å². The molecule has 4 rings (SSSR count). The maximum atomic E-state index is 10.6. The number of aromatic nitrogens is 2. The van der Waals surface area contributed by atoms with Crippen molar-refractivity contribution in [1.29, 1.82) is 0 Å². The van der Waals surface area contributed by atoms with Gasteiger partial charge in [0, 0.05) is 16.8 Å². The summed E-state index contributed by atoms with van der Waals surface area (Å²) in [5, 5.41) is 23.9. The van der Waals surface area contributed by atoms with Crippen molar-refractivity contribution in [3.8, 4) is 17.0 Å². The van der Waals surface area contributed by atoms with Gasteiger partial charge in [-0.15, -0.1) is 0 Å². The maximum Gasteiger partial charge on any atom is 0.185 e. The Morgan fingerprint density at radius 2 is 1.88 bits per heavy atom. The monoisotopic (exact) mass is 348 g/mol. The van der Waals surface area contributed by atoms with Gasteiger partial charge in [0.1, 0.15) is 17.7 Å². The number of fused-ring (bicyclic) bond motifs is 1. The lowest BCUT2D eigenvalue weighted by molar-refractivity contribution is 0.0458. The van der Waals surface area contributed by atoms with Gasteiger partial charge in [0.05, 0.1) is 0 Å². The van der Waals surface area contributed by atoms with Crippen molar-refractivity contribution in [1.82, 2.24) is 9.97 Å². The van der Waals surface area contributed by atoms with Crippen LogP contribution in [0.2, 0.25) is 0 Å². The van der Waals surface area contributed by atoms with Gasteiger partial charge in [-0.25, -0.2) is 9.97 Å². The lowest BCUT2D eigenvalue weighted by atomic mass is 10.1. The van der Waals surface area contributed by atoms with Crippen LogP contribution in [-0.2, 0) is 12.1 Å². The van der Waals surface area contributed by atoms with Crippen molar-refractivity contribution >= 4 is 11.5 Å². The second-order valence-electron chi connectivity index (χ2n) is 6.71. The SMILES string of the molecule is Cc1ccc(-c2ncnc(Nc3ccc4c(c3)CCC4(N)O)c2O)cc1. The molecule has 1 atom stereocenters. The molecule has 0 fully saturated rings. The zero-order valence-corrected chi connectivity index (χ0v) is 14.4. The summed E-state index contributed by atoms with van der Waals surface area (Å²) >= 11 is 0. The summed E-state index contributed by atoms with van der Waals surface area (Å²) < 4.78 is 0. The molecule has 0 amide bonds. The summed E-state index contributed by atoms with van der Waals surface area (Å²) in [6, 6.07) is 13.3. The van der Waals surface area contributed by atoms with Crippen molar-refractivity contribution in [3.05, 3.63) is 65.5 Å². The number of anilines is 2. The standard InChI is InChI=1S/C20H20N4O2/c1-12-2-4-13(5-3-12)17-18(25)19(23-11-22-17)24-15-6-7-16-14(10-15)8-9-20(16,21)26/h2-7,10-11,25-26H,8-9,21H2,1H3,(H,22,23,24). The van der Waals surface area contributed by atoms with Crippen molar-refractivity contribution in [3.63, 3.8) is 0 Å². The van der Waals surface area contributed by atoms with E-state index in [1.54, 1.807) is 0 Å². The molecule has 0 saturated heterocycles. The third-order valence-corrected chi connectivity index (χ3v) is 4.76. The van der Waals surface area contributed by atoms with E-state index in [9.17, 15) is 10.2 Å².